The van der Waals surface area contributed by atoms with Crippen molar-refractivity contribution >= 4 is 17.9 Å². The van der Waals surface area contributed by atoms with E-state index in [0.717, 1.165) is 0 Å². The summed E-state index contributed by atoms with van der Waals surface area (Å²) in [6.07, 6.45) is 2.61. The fourth-order valence-electron chi connectivity index (χ4n) is 2.28. The van der Waals surface area contributed by atoms with E-state index >= 15 is 0 Å². The minimum Gasteiger partial charge on any atom is -0.466 e. The van der Waals surface area contributed by atoms with Gasteiger partial charge < -0.3 is 14.2 Å². The number of hydrogen-bond acceptors (Lipinski definition) is 7. The molecule has 0 atom stereocenters. The first-order valence-electron chi connectivity index (χ1n) is 7.89. The summed E-state index contributed by atoms with van der Waals surface area (Å²) in [5, 5.41) is 0. The van der Waals surface area contributed by atoms with Gasteiger partial charge in [-0.15, -0.1) is 0 Å². The number of rotatable bonds is 9. The van der Waals surface area contributed by atoms with Gasteiger partial charge in [0.15, 0.2) is 5.41 Å². The van der Waals surface area contributed by atoms with Crippen molar-refractivity contribution in [2.24, 2.45) is 5.41 Å². The molecule has 1 aromatic heterocycles. The Balaban J connectivity index is 3.27. The van der Waals surface area contributed by atoms with Crippen molar-refractivity contribution in [1.29, 1.82) is 0 Å². The van der Waals surface area contributed by atoms with Crippen LogP contribution >= 0.6 is 0 Å². The van der Waals surface area contributed by atoms with Crippen molar-refractivity contribution in [3.63, 3.8) is 0 Å². The fraction of sp³-hybridized carbons (Fsp3) is 0.529. The van der Waals surface area contributed by atoms with Crippen LogP contribution < -0.4 is 0 Å². The summed E-state index contributed by atoms with van der Waals surface area (Å²) in [7, 11) is 0. The number of pyridine rings is 1. The molecule has 0 bridgehead atoms. The van der Waals surface area contributed by atoms with E-state index in [1.807, 2.05) is 0 Å². The summed E-state index contributed by atoms with van der Waals surface area (Å²) >= 11 is 0. The number of carbonyl (C=O) groups excluding carboxylic acids is 3. The van der Waals surface area contributed by atoms with E-state index in [-0.39, 0.29) is 26.2 Å². The van der Waals surface area contributed by atoms with Gasteiger partial charge in [-0.1, -0.05) is 0 Å². The van der Waals surface area contributed by atoms with Crippen LogP contribution in [0.15, 0.2) is 24.5 Å². The van der Waals surface area contributed by atoms with Gasteiger partial charge in [0.05, 0.1) is 26.2 Å². The topological polar surface area (TPSA) is 91.8 Å². The van der Waals surface area contributed by atoms with Crippen LogP contribution in [0.2, 0.25) is 0 Å². The summed E-state index contributed by atoms with van der Waals surface area (Å²) in [5.41, 5.74) is -1.12. The largest absolute Gasteiger partial charge is 0.466 e. The molecular formula is C17H23NO6. The highest BCUT2D eigenvalue weighted by atomic mass is 16.6. The second-order valence-corrected chi connectivity index (χ2v) is 5.04. The molecule has 0 saturated heterocycles. The molecule has 0 N–H and O–H groups in total. The summed E-state index contributed by atoms with van der Waals surface area (Å²) < 4.78 is 15.1. The van der Waals surface area contributed by atoms with Gasteiger partial charge >= 0.3 is 17.9 Å². The molecule has 7 nitrogen and oxygen atoms in total. The van der Waals surface area contributed by atoms with Crippen molar-refractivity contribution in [3.8, 4) is 0 Å². The van der Waals surface area contributed by atoms with Gasteiger partial charge in [-0.05, 0) is 44.9 Å². The van der Waals surface area contributed by atoms with Crippen molar-refractivity contribution in [2.75, 3.05) is 19.8 Å². The molecule has 1 rings (SSSR count). The normalized spacial score (nSPS) is 10.8. The van der Waals surface area contributed by atoms with E-state index in [4.69, 9.17) is 14.2 Å². The minimum atomic E-state index is -1.78. The third-order valence-corrected chi connectivity index (χ3v) is 3.34. The molecule has 0 aliphatic heterocycles. The Morgan fingerprint density at radius 3 is 1.88 bits per heavy atom. The Morgan fingerprint density at radius 1 is 0.917 bits per heavy atom. The monoisotopic (exact) mass is 337 g/mol. The number of nitrogens with zero attached hydrogens (tertiary/aromatic N) is 1. The van der Waals surface area contributed by atoms with Gasteiger partial charge in [-0.25, -0.2) is 0 Å². The molecular weight excluding hydrogens is 314 g/mol. The Morgan fingerprint density at radius 2 is 1.42 bits per heavy atom. The van der Waals surface area contributed by atoms with Crippen LogP contribution in [-0.4, -0.2) is 42.7 Å². The minimum absolute atomic E-state index is 0.0357. The van der Waals surface area contributed by atoms with Crippen molar-refractivity contribution in [1.82, 2.24) is 4.98 Å². The second kappa shape index (κ2) is 9.64. The SMILES string of the molecule is CCOC(=O)CC(Cc1ccncc1)(C(=O)OCC)C(=O)OCC. The smallest absolute Gasteiger partial charge is 0.324 e. The zero-order valence-corrected chi connectivity index (χ0v) is 14.2. The number of aromatic nitrogens is 1. The zero-order valence-electron chi connectivity index (χ0n) is 14.2. The number of hydrogen-bond donors (Lipinski definition) is 0. The van der Waals surface area contributed by atoms with Crippen LogP contribution in [-0.2, 0) is 35.0 Å². The first-order valence-corrected chi connectivity index (χ1v) is 7.89. The molecule has 0 radical (unpaired) electrons. The van der Waals surface area contributed by atoms with Crippen LogP contribution in [0.5, 0.6) is 0 Å². The fourth-order valence-corrected chi connectivity index (χ4v) is 2.28. The van der Waals surface area contributed by atoms with E-state index < -0.39 is 29.7 Å². The summed E-state index contributed by atoms with van der Waals surface area (Å²) in [4.78, 5) is 41.1. The highest BCUT2D eigenvalue weighted by Gasteiger charge is 2.51. The summed E-state index contributed by atoms with van der Waals surface area (Å²) in [5.74, 6) is -2.26. The van der Waals surface area contributed by atoms with Crippen LogP contribution in [0.3, 0.4) is 0 Å². The number of esters is 3. The maximum atomic E-state index is 12.6. The quantitative estimate of drug-likeness (QED) is 0.384. The Labute approximate surface area is 141 Å². The van der Waals surface area contributed by atoms with Crippen molar-refractivity contribution in [2.45, 2.75) is 33.6 Å². The Hall–Kier alpha value is -2.44. The maximum Gasteiger partial charge on any atom is 0.324 e. The van der Waals surface area contributed by atoms with Gasteiger partial charge in [-0.3, -0.25) is 19.4 Å². The van der Waals surface area contributed by atoms with Crippen LogP contribution in [0.1, 0.15) is 32.8 Å². The highest BCUT2D eigenvalue weighted by molar-refractivity contribution is 6.03. The third-order valence-electron chi connectivity index (χ3n) is 3.34. The van der Waals surface area contributed by atoms with Gasteiger partial charge in [0.25, 0.3) is 0 Å². The van der Waals surface area contributed by atoms with E-state index in [9.17, 15) is 14.4 Å². The lowest BCUT2D eigenvalue weighted by Crippen LogP contribution is -2.46. The number of carbonyl (C=O) groups is 3. The molecule has 0 aliphatic carbocycles. The second-order valence-electron chi connectivity index (χ2n) is 5.04. The average Bonchev–Trinajstić information content (AvgIpc) is 2.55. The maximum absolute atomic E-state index is 12.6. The molecule has 0 aromatic carbocycles. The van der Waals surface area contributed by atoms with Gasteiger partial charge in [-0.2, -0.15) is 0 Å². The average molecular weight is 337 g/mol. The lowest BCUT2D eigenvalue weighted by Gasteiger charge is -2.28. The third kappa shape index (κ3) is 5.04. The molecule has 0 amide bonds. The van der Waals surface area contributed by atoms with E-state index in [1.54, 1.807) is 45.3 Å². The lowest BCUT2D eigenvalue weighted by molar-refractivity contribution is -0.177. The number of ether oxygens (including phenoxy) is 3. The first-order chi connectivity index (χ1) is 11.5. The molecule has 0 aliphatic rings. The summed E-state index contributed by atoms with van der Waals surface area (Å²) in [6.45, 7) is 5.22. The van der Waals surface area contributed by atoms with E-state index in [1.165, 1.54) is 0 Å². The van der Waals surface area contributed by atoms with Gasteiger partial charge in [0.1, 0.15) is 0 Å². The lowest BCUT2D eigenvalue weighted by atomic mass is 9.78. The molecule has 7 heteroatoms. The predicted molar refractivity (Wildman–Crippen MR) is 84.9 cm³/mol. The van der Waals surface area contributed by atoms with Gasteiger partial charge in [0, 0.05) is 12.4 Å². The molecule has 1 aromatic rings. The van der Waals surface area contributed by atoms with Crippen molar-refractivity contribution in [3.05, 3.63) is 30.1 Å². The molecule has 1 heterocycles. The van der Waals surface area contributed by atoms with Crippen molar-refractivity contribution < 1.29 is 28.6 Å². The van der Waals surface area contributed by atoms with Crippen LogP contribution in [0.4, 0.5) is 0 Å². The van der Waals surface area contributed by atoms with E-state index in [2.05, 4.69) is 4.98 Å². The molecule has 0 saturated carbocycles. The first kappa shape index (κ1) is 19.6. The highest BCUT2D eigenvalue weighted by Crippen LogP contribution is 2.32. The molecule has 132 valence electrons. The van der Waals surface area contributed by atoms with E-state index in [0.29, 0.717) is 5.56 Å². The van der Waals surface area contributed by atoms with Crippen LogP contribution in [0, 0.1) is 5.41 Å². The standard InChI is InChI=1S/C17H23NO6/c1-4-22-14(19)12-17(15(20)23-5-2,16(21)24-6-3)11-13-7-9-18-10-8-13/h7-10H,4-6,11-12H2,1-3H3. The van der Waals surface area contributed by atoms with Gasteiger partial charge in [0.2, 0.25) is 0 Å². The zero-order chi connectivity index (χ0) is 18.0. The molecule has 0 fully saturated rings. The Kier molecular flexibility index (Phi) is 7.88. The molecule has 24 heavy (non-hydrogen) atoms. The summed E-state index contributed by atoms with van der Waals surface area (Å²) in [6, 6.07) is 3.33. The van der Waals surface area contributed by atoms with Crippen LogP contribution in [0.25, 0.3) is 0 Å². The molecule has 0 spiro atoms. The molecule has 0 unspecified atom stereocenters. The predicted octanol–water partition coefficient (Wildman–Crippen LogP) is 1.69. The Bertz CT molecular complexity index is 539.